The quantitative estimate of drug-likeness (QED) is 0.780. The van der Waals surface area contributed by atoms with Gasteiger partial charge in [0, 0.05) is 30.8 Å². The Bertz CT molecular complexity index is 860. The van der Waals surface area contributed by atoms with E-state index in [1.165, 1.54) is 18.5 Å². The molecule has 7 heteroatoms. The van der Waals surface area contributed by atoms with Gasteiger partial charge in [0.15, 0.2) is 0 Å². The normalized spacial score (nSPS) is 12.9. The maximum absolute atomic E-state index is 12.3. The molecule has 6 nitrogen and oxygen atoms in total. The molecule has 0 bridgehead atoms. The van der Waals surface area contributed by atoms with E-state index in [0.717, 1.165) is 11.3 Å². The number of hydrogen-bond acceptors (Lipinski definition) is 4. The Morgan fingerprint density at radius 1 is 1.09 bits per heavy atom. The van der Waals surface area contributed by atoms with E-state index in [2.05, 4.69) is 14.8 Å². The van der Waals surface area contributed by atoms with Crippen LogP contribution in [0.5, 0.6) is 0 Å². The Morgan fingerprint density at radius 3 is 2.48 bits per heavy atom. The molecule has 2 aromatic heterocycles. The first-order valence-corrected chi connectivity index (χ1v) is 8.57. The molecule has 0 fully saturated rings. The lowest BCUT2D eigenvalue weighted by Crippen LogP contribution is -2.27. The van der Waals surface area contributed by atoms with Crippen LogP contribution < -0.4 is 4.72 Å². The van der Waals surface area contributed by atoms with E-state index in [4.69, 9.17) is 0 Å². The molecule has 3 rings (SSSR count). The van der Waals surface area contributed by atoms with Gasteiger partial charge in [0.25, 0.3) is 0 Å². The van der Waals surface area contributed by atoms with Gasteiger partial charge in [0.1, 0.15) is 4.90 Å². The fourth-order valence-corrected chi connectivity index (χ4v) is 3.41. The number of hydrogen-bond donors (Lipinski definition) is 1. The molecule has 0 aliphatic carbocycles. The highest BCUT2D eigenvalue weighted by Crippen LogP contribution is 2.18. The third-order valence-electron chi connectivity index (χ3n) is 3.44. The lowest BCUT2D eigenvalue weighted by atomic mass is 10.1. The van der Waals surface area contributed by atoms with E-state index in [0.29, 0.717) is 0 Å². The Morgan fingerprint density at radius 2 is 1.87 bits per heavy atom. The minimum atomic E-state index is -3.59. The minimum Gasteiger partial charge on any atom is -0.263 e. The van der Waals surface area contributed by atoms with Crippen LogP contribution in [0.1, 0.15) is 18.5 Å². The highest BCUT2D eigenvalue weighted by atomic mass is 32.2. The zero-order valence-corrected chi connectivity index (χ0v) is 13.3. The molecule has 0 amide bonds. The predicted octanol–water partition coefficient (Wildman–Crippen LogP) is 2.31. The van der Waals surface area contributed by atoms with Crippen molar-refractivity contribution in [2.24, 2.45) is 0 Å². The summed E-state index contributed by atoms with van der Waals surface area (Å²) >= 11 is 0. The third-order valence-corrected chi connectivity index (χ3v) is 4.96. The SMILES string of the molecule is C[C@H](NS(=O)(=O)c1cccnc1)c1ccc(-n2cccn2)cc1. The highest BCUT2D eigenvalue weighted by Gasteiger charge is 2.18. The first-order valence-electron chi connectivity index (χ1n) is 7.08. The summed E-state index contributed by atoms with van der Waals surface area (Å²) in [4.78, 5) is 3.99. The van der Waals surface area contributed by atoms with E-state index >= 15 is 0 Å². The summed E-state index contributed by atoms with van der Waals surface area (Å²) in [6.45, 7) is 1.80. The zero-order chi connectivity index (χ0) is 16.3. The number of nitrogens with zero attached hydrogens (tertiary/aromatic N) is 3. The number of benzene rings is 1. The molecular formula is C16H16N4O2S. The Kier molecular flexibility index (Phi) is 4.22. The summed E-state index contributed by atoms with van der Waals surface area (Å²) in [6, 6.07) is 12.2. The Labute approximate surface area is 134 Å². The molecule has 23 heavy (non-hydrogen) atoms. The summed E-state index contributed by atoms with van der Waals surface area (Å²) in [5, 5.41) is 4.16. The van der Waals surface area contributed by atoms with Gasteiger partial charge in [-0.3, -0.25) is 4.98 Å². The molecule has 118 valence electrons. The molecule has 0 aliphatic rings. The standard InChI is InChI=1S/C16H16N4O2S/c1-13(19-23(21,22)16-4-2-9-17-12-16)14-5-7-15(8-6-14)20-11-3-10-18-20/h2-13,19H,1H3/t13-/m0/s1. The second-order valence-electron chi connectivity index (χ2n) is 5.07. The fraction of sp³-hybridized carbons (Fsp3) is 0.125. The number of aromatic nitrogens is 3. The lowest BCUT2D eigenvalue weighted by Gasteiger charge is -2.15. The number of pyridine rings is 1. The average molecular weight is 328 g/mol. The van der Waals surface area contributed by atoms with Crippen molar-refractivity contribution in [1.82, 2.24) is 19.5 Å². The molecule has 3 aromatic rings. The highest BCUT2D eigenvalue weighted by molar-refractivity contribution is 7.89. The predicted molar refractivity (Wildman–Crippen MR) is 86.5 cm³/mol. The van der Waals surface area contributed by atoms with Crippen LogP contribution in [-0.4, -0.2) is 23.2 Å². The summed E-state index contributed by atoms with van der Waals surface area (Å²) in [5.74, 6) is 0. The summed E-state index contributed by atoms with van der Waals surface area (Å²) in [6.07, 6.45) is 6.43. The molecule has 0 unspecified atom stereocenters. The molecule has 0 saturated carbocycles. The lowest BCUT2D eigenvalue weighted by molar-refractivity contribution is 0.566. The van der Waals surface area contributed by atoms with Crippen molar-refractivity contribution >= 4 is 10.0 Å². The number of sulfonamides is 1. The van der Waals surface area contributed by atoms with Gasteiger partial charge < -0.3 is 0 Å². The van der Waals surface area contributed by atoms with Crippen LogP contribution in [0.25, 0.3) is 5.69 Å². The van der Waals surface area contributed by atoms with Crippen molar-refractivity contribution in [1.29, 1.82) is 0 Å². The summed E-state index contributed by atoms with van der Waals surface area (Å²) in [5.41, 5.74) is 1.79. The van der Waals surface area contributed by atoms with Gasteiger partial charge in [-0.15, -0.1) is 0 Å². The molecule has 1 aromatic carbocycles. The van der Waals surface area contributed by atoms with Crippen LogP contribution in [0.2, 0.25) is 0 Å². The average Bonchev–Trinajstić information content (AvgIpc) is 3.10. The van der Waals surface area contributed by atoms with Crippen LogP contribution in [0.4, 0.5) is 0 Å². The second-order valence-corrected chi connectivity index (χ2v) is 6.79. The maximum Gasteiger partial charge on any atom is 0.242 e. The van der Waals surface area contributed by atoms with Crippen molar-refractivity contribution in [3.8, 4) is 5.69 Å². The van der Waals surface area contributed by atoms with Crippen LogP contribution in [0.3, 0.4) is 0 Å². The summed E-state index contributed by atoms with van der Waals surface area (Å²) < 4.78 is 29.0. The molecule has 2 heterocycles. The van der Waals surface area contributed by atoms with Crippen molar-refractivity contribution in [2.45, 2.75) is 17.9 Å². The van der Waals surface area contributed by atoms with Crippen LogP contribution in [0.15, 0.2) is 72.1 Å². The molecule has 1 atom stereocenters. The topological polar surface area (TPSA) is 76.9 Å². The van der Waals surface area contributed by atoms with Crippen LogP contribution >= 0.6 is 0 Å². The van der Waals surface area contributed by atoms with Gasteiger partial charge in [-0.2, -0.15) is 5.10 Å². The minimum absolute atomic E-state index is 0.153. The summed E-state index contributed by atoms with van der Waals surface area (Å²) in [7, 11) is -3.59. The third kappa shape index (κ3) is 3.46. The van der Waals surface area contributed by atoms with Gasteiger partial charge in [0.2, 0.25) is 10.0 Å². The molecule has 0 radical (unpaired) electrons. The van der Waals surface area contributed by atoms with Crippen molar-refractivity contribution < 1.29 is 8.42 Å². The van der Waals surface area contributed by atoms with E-state index in [-0.39, 0.29) is 10.9 Å². The molecule has 0 spiro atoms. The monoisotopic (exact) mass is 328 g/mol. The Balaban J connectivity index is 1.77. The van der Waals surface area contributed by atoms with Gasteiger partial charge >= 0.3 is 0 Å². The van der Waals surface area contributed by atoms with Gasteiger partial charge in [-0.25, -0.2) is 17.8 Å². The van der Waals surface area contributed by atoms with Crippen molar-refractivity contribution in [3.63, 3.8) is 0 Å². The maximum atomic E-state index is 12.3. The Hall–Kier alpha value is -2.51. The molecule has 0 aliphatic heterocycles. The first-order chi connectivity index (χ1) is 11.1. The first kappa shape index (κ1) is 15.4. The largest absolute Gasteiger partial charge is 0.263 e. The second kappa shape index (κ2) is 6.31. The van der Waals surface area contributed by atoms with E-state index in [1.807, 2.05) is 36.5 Å². The van der Waals surface area contributed by atoms with Gasteiger partial charge in [-0.05, 0) is 42.8 Å². The molecular weight excluding hydrogens is 312 g/mol. The number of rotatable bonds is 5. The van der Waals surface area contributed by atoms with Crippen molar-refractivity contribution in [2.75, 3.05) is 0 Å². The van der Waals surface area contributed by atoms with E-state index < -0.39 is 10.0 Å². The molecule has 0 saturated heterocycles. The molecule has 1 N–H and O–H groups in total. The van der Waals surface area contributed by atoms with Crippen LogP contribution in [-0.2, 0) is 10.0 Å². The number of nitrogens with one attached hydrogen (secondary N) is 1. The van der Waals surface area contributed by atoms with Crippen molar-refractivity contribution in [3.05, 3.63) is 72.8 Å². The van der Waals surface area contributed by atoms with E-state index in [9.17, 15) is 8.42 Å². The fourth-order valence-electron chi connectivity index (χ4n) is 2.21. The smallest absolute Gasteiger partial charge is 0.242 e. The van der Waals surface area contributed by atoms with Crippen LogP contribution in [0, 0.1) is 0 Å². The zero-order valence-electron chi connectivity index (χ0n) is 12.5. The van der Waals surface area contributed by atoms with E-state index in [1.54, 1.807) is 23.9 Å². The van der Waals surface area contributed by atoms with Gasteiger partial charge in [0.05, 0.1) is 5.69 Å². The van der Waals surface area contributed by atoms with Gasteiger partial charge in [-0.1, -0.05) is 12.1 Å².